The molecule has 0 bridgehead atoms. The molecule has 2 aromatic rings. The summed E-state index contributed by atoms with van der Waals surface area (Å²) in [6.45, 7) is 5.25. The Labute approximate surface area is 212 Å². The minimum Gasteiger partial charge on any atom is -0.462 e. The van der Waals surface area contributed by atoms with E-state index in [9.17, 15) is 14.4 Å². The Morgan fingerprint density at radius 1 is 1.08 bits per heavy atom. The molecule has 0 atom stereocenters. The average Bonchev–Trinajstić information content (AvgIpc) is 3.36. The maximum atomic E-state index is 14.0. The van der Waals surface area contributed by atoms with E-state index in [2.05, 4.69) is 12.2 Å². The zero-order valence-electron chi connectivity index (χ0n) is 21.4. The third-order valence-electron chi connectivity index (χ3n) is 7.51. The van der Waals surface area contributed by atoms with Crippen LogP contribution >= 0.6 is 0 Å². The monoisotopic (exact) mass is 496 g/mol. The van der Waals surface area contributed by atoms with E-state index in [1.165, 1.54) is 7.11 Å². The van der Waals surface area contributed by atoms with Gasteiger partial charge in [0.25, 0.3) is 0 Å². The summed E-state index contributed by atoms with van der Waals surface area (Å²) < 4.78 is 11.9. The van der Waals surface area contributed by atoms with Crippen molar-refractivity contribution in [2.75, 3.05) is 26.8 Å². The highest BCUT2D eigenvalue weighted by Crippen LogP contribution is 2.43. The van der Waals surface area contributed by atoms with Gasteiger partial charge in [-0.25, -0.2) is 14.3 Å². The molecule has 2 aliphatic rings. The van der Waals surface area contributed by atoms with Crippen molar-refractivity contribution in [3.8, 4) is 5.69 Å². The third kappa shape index (κ3) is 5.24. The van der Waals surface area contributed by atoms with Crippen LogP contribution in [0, 0.1) is 5.92 Å². The van der Waals surface area contributed by atoms with Crippen LogP contribution in [0.3, 0.4) is 0 Å². The maximum absolute atomic E-state index is 14.0. The molecule has 0 unspecified atom stereocenters. The van der Waals surface area contributed by atoms with E-state index in [4.69, 9.17) is 14.6 Å². The number of ether oxygens (including phenoxy) is 2. The molecule has 0 radical (unpaired) electrons. The molecule has 1 N–H and O–H groups in total. The summed E-state index contributed by atoms with van der Waals surface area (Å²) in [4.78, 5) is 40.6. The van der Waals surface area contributed by atoms with E-state index in [0.29, 0.717) is 55.9 Å². The molecule has 4 rings (SSSR count). The molecule has 1 aromatic carbocycles. The Hall–Kier alpha value is -3.36. The number of rotatable bonds is 6. The molecule has 1 saturated carbocycles. The Morgan fingerprint density at radius 3 is 2.36 bits per heavy atom. The zero-order chi connectivity index (χ0) is 25.7. The Morgan fingerprint density at radius 2 is 1.75 bits per heavy atom. The summed E-state index contributed by atoms with van der Waals surface area (Å²) in [5.74, 6) is -0.0712. The van der Waals surface area contributed by atoms with Crippen LogP contribution in [0.25, 0.3) is 5.69 Å². The third-order valence-corrected chi connectivity index (χ3v) is 7.51. The van der Waals surface area contributed by atoms with Gasteiger partial charge in [0.15, 0.2) is 0 Å². The number of hydrogen-bond donors (Lipinski definition) is 1. The van der Waals surface area contributed by atoms with Crippen LogP contribution in [0.4, 0.5) is 4.79 Å². The number of nitrogens with one attached hydrogen (secondary N) is 1. The molecular weight excluding hydrogens is 460 g/mol. The second kappa shape index (κ2) is 11.1. The molecule has 194 valence electrons. The fraction of sp³-hybridized carbons (Fsp3) is 0.556. The van der Waals surface area contributed by atoms with Crippen molar-refractivity contribution in [1.82, 2.24) is 20.0 Å². The van der Waals surface area contributed by atoms with Gasteiger partial charge in [0, 0.05) is 25.3 Å². The van der Waals surface area contributed by atoms with Crippen molar-refractivity contribution < 1.29 is 23.9 Å². The molecule has 9 heteroatoms. The van der Waals surface area contributed by atoms with E-state index in [-0.39, 0.29) is 24.6 Å². The zero-order valence-corrected chi connectivity index (χ0v) is 21.4. The molecule has 9 nitrogen and oxygen atoms in total. The first-order valence-corrected chi connectivity index (χ1v) is 12.8. The van der Waals surface area contributed by atoms with Crippen LogP contribution in [0.2, 0.25) is 0 Å². The summed E-state index contributed by atoms with van der Waals surface area (Å²) in [6.07, 6.45) is 5.60. The number of benzene rings is 1. The number of aromatic nitrogens is 2. The van der Waals surface area contributed by atoms with Gasteiger partial charge >= 0.3 is 12.1 Å². The van der Waals surface area contributed by atoms with Crippen LogP contribution in [0.15, 0.2) is 36.5 Å². The lowest BCUT2D eigenvalue weighted by molar-refractivity contribution is -0.129. The van der Waals surface area contributed by atoms with Crippen LogP contribution in [0.1, 0.15) is 68.4 Å². The molecule has 1 aliphatic carbocycles. The summed E-state index contributed by atoms with van der Waals surface area (Å²) in [6, 6.07) is 9.51. The van der Waals surface area contributed by atoms with Crippen LogP contribution < -0.4 is 5.32 Å². The first-order chi connectivity index (χ1) is 17.4. The standard InChI is InChI=1S/C27H36N4O5/c1-4-36-24(32)22-18-31(21-8-6-5-7-9-21)29-23(22)27(14-10-19(2)11-15-27)25(33)28-20-12-16-30(17-13-20)26(34)35-3/h5-9,18-20H,4,10-17H2,1-3H3,(H,28,33). The number of likely N-dealkylation sites (tertiary alicyclic amines) is 1. The number of para-hydroxylation sites is 1. The van der Waals surface area contributed by atoms with Gasteiger partial charge in [-0.3, -0.25) is 4.79 Å². The molecule has 2 heterocycles. The first-order valence-electron chi connectivity index (χ1n) is 12.8. The summed E-state index contributed by atoms with van der Waals surface area (Å²) >= 11 is 0. The minimum absolute atomic E-state index is 0.0584. The molecule has 36 heavy (non-hydrogen) atoms. The molecular formula is C27H36N4O5. The van der Waals surface area contributed by atoms with Crippen molar-refractivity contribution in [2.24, 2.45) is 5.92 Å². The van der Waals surface area contributed by atoms with E-state index < -0.39 is 11.4 Å². The normalized spacial score (nSPS) is 22.6. The van der Waals surface area contributed by atoms with Crippen molar-refractivity contribution >= 4 is 18.0 Å². The number of methoxy groups -OCH3 is 1. The van der Waals surface area contributed by atoms with Gasteiger partial charge in [0.2, 0.25) is 5.91 Å². The van der Waals surface area contributed by atoms with Crippen molar-refractivity contribution in [3.63, 3.8) is 0 Å². The quantitative estimate of drug-likeness (QED) is 0.610. The number of esters is 1. The fourth-order valence-corrected chi connectivity index (χ4v) is 5.28. The number of amides is 2. The van der Waals surface area contributed by atoms with Crippen molar-refractivity contribution in [2.45, 2.75) is 63.8 Å². The predicted molar refractivity (Wildman–Crippen MR) is 134 cm³/mol. The SMILES string of the molecule is CCOC(=O)c1cn(-c2ccccc2)nc1C1(C(=O)NC2CCN(C(=O)OC)CC2)CCC(C)CC1. The number of carbonyl (C=O) groups is 3. The molecule has 0 spiro atoms. The Kier molecular flexibility index (Phi) is 7.96. The van der Waals surface area contributed by atoms with Gasteiger partial charge in [-0.15, -0.1) is 0 Å². The van der Waals surface area contributed by atoms with Crippen LogP contribution in [-0.2, 0) is 19.7 Å². The smallest absolute Gasteiger partial charge is 0.409 e. The lowest BCUT2D eigenvalue weighted by Gasteiger charge is -2.39. The van der Waals surface area contributed by atoms with Crippen molar-refractivity contribution in [3.05, 3.63) is 47.8 Å². The van der Waals surface area contributed by atoms with Crippen LogP contribution in [0.5, 0.6) is 0 Å². The predicted octanol–water partition coefficient (Wildman–Crippen LogP) is 3.84. The Bertz CT molecular complexity index is 1070. The van der Waals surface area contributed by atoms with E-state index in [1.807, 2.05) is 30.3 Å². The van der Waals surface area contributed by atoms with Gasteiger partial charge < -0.3 is 19.7 Å². The molecule has 1 saturated heterocycles. The largest absolute Gasteiger partial charge is 0.462 e. The van der Waals surface area contributed by atoms with Crippen LogP contribution in [-0.4, -0.2) is 65.5 Å². The van der Waals surface area contributed by atoms with Gasteiger partial charge in [-0.05, 0) is 63.5 Å². The molecule has 1 aromatic heterocycles. The van der Waals surface area contributed by atoms with E-state index >= 15 is 0 Å². The second-order valence-corrected chi connectivity index (χ2v) is 9.86. The summed E-state index contributed by atoms with van der Waals surface area (Å²) in [7, 11) is 1.37. The summed E-state index contributed by atoms with van der Waals surface area (Å²) in [5, 5.41) is 8.10. The molecule has 2 fully saturated rings. The summed E-state index contributed by atoms with van der Waals surface area (Å²) in [5.41, 5.74) is 0.713. The van der Waals surface area contributed by atoms with Gasteiger partial charge in [-0.1, -0.05) is 25.1 Å². The average molecular weight is 497 g/mol. The van der Waals surface area contributed by atoms with Gasteiger partial charge in [0.1, 0.15) is 5.56 Å². The topological polar surface area (TPSA) is 103 Å². The highest BCUT2D eigenvalue weighted by Gasteiger charge is 2.48. The maximum Gasteiger partial charge on any atom is 0.409 e. The van der Waals surface area contributed by atoms with Crippen molar-refractivity contribution in [1.29, 1.82) is 0 Å². The Balaban J connectivity index is 1.66. The van der Waals surface area contributed by atoms with E-state index in [0.717, 1.165) is 18.5 Å². The number of hydrogen-bond acceptors (Lipinski definition) is 6. The number of nitrogens with zero attached hydrogens (tertiary/aromatic N) is 3. The lowest BCUT2D eigenvalue weighted by Crippen LogP contribution is -2.53. The van der Waals surface area contributed by atoms with Gasteiger partial charge in [-0.2, -0.15) is 5.10 Å². The second-order valence-electron chi connectivity index (χ2n) is 9.86. The minimum atomic E-state index is -0.923. The van der Waals surface area contributed by atoms with E-state index in [1.54, 1.807) is 22.7 Å². The highest BCUT2D eigenvalue weighted by molar-refractivity contribution is 5.96. The number of carbonyl (C=O) groups excluding carboxylic acids is 3. The fourth-order valence-electron chi connectivity index (χ4n) is 5.28. The van der Waals surface area contributed by atoms with Gasteiger partial charge in [0.05, 0.1) is 30.5 Å². The first kappa shape index (κ1) is 25.7. The molecule has 2 amide bonds. The number of piperidine rings is 1. The lowest BCUT2D eigenvalue weighted by atomic mass is 9.67. The molecule has 1 aliphatic heterocycles. The highest BCUT2D eigenvalue weighted by atomic mass is 16.5.